The standard InChI is InChI=1S/C41H59N7OS/c1-9-14-20-29(12-4)27-47(28-30(13-5)21-15-10-2)40-45-35(31-22-18-17-19-23-31)38(50-40)44-36-32(24-16-11-3)33(26-42)39(49)48-37(36)43-34(46-48)25-41(6,7)8/h17-19,22-23,29-30H,9-16,20-21,24-25,27-28H2,1-8H3/b44-36-. The zero-order chi connectivity index (χ0) is 36.3. The van der Waals surface area contributed by atoms with Gasteiger partial charge in [0.05, 0.1) is 0 Å². The normalized spacial score (nSPS) is 15.3. The third-order valence-electron chi connectivity index (χ3n) is 9.61. The molecule has 1 aliphatic rings. The molecular weight excluding hydrogens is 639 g/mol. The van der Waals surface area contributed by atoms with Gasteiger partial charge in [0, 0.05) is 30.6 Å². The third kappa shape index (κ3) is 9.99. The van der Waals surface area contributed by atoms with Crippen LogP contribution in [0.15, 0.2) is 46.5 Å². The van der Waals surface area contributed by atoms with Crippen LogP contribution in [0.4, 0.5) is 10.1 Å². The molecular formula is C41H59N7OS. The van der Waals surface area contributed by atoms with Crippen LogP contribution in [0.2, 0.25) is 0 Å². The second kappa shape index (κ2) is 18.6. The Hall–Kier alpha value is -3.64. The van der Waals surface area contributed by atoms with Crippen molar-refractivity contribution in [3.63, 3.8) is 0 Å². The lowest BCUT2D eigenvalue weighted by atomic mass is 9.92. The fourth-order valence-electron chi connectivity index (χ4n) is 6.60. The second-order valence-corrected chi connectivity index (χ2v) is 16.0. The fraction of sp³-hybridized carbons (Fsp3) is 0.610. The fourth-order valence-corrected chi connectivity index (χ4v) is 7.59. The van der Waals surface area contributed by atoms with E-state index in [1.807, 2.05) is 18.2 Å². The topological polar surface area (TPSA) is 100 Å². The van der Waals surface area contributed by atoms with Gasteiger partial charge in [-0.3, -0.25) is 4.79 Å². The summed E-state index contributed by atoms with van der Waals surface area (Å²) in [5, 5.41) is 16.7. The Balaban J connectivity index is 1.94. The van der Waals surface area contributed by atoms with E-state index in [1.165, 1.54) is 43.2 Å². The van der Waals surface area contributed by atoms with Crippen molar-refractivity contribution in [2.75, 3.05) is 18.0 Å². The van der Waals surface area contributed by atoms with Gasteiger partial charge < -0.3 is 4.90 Å². The lowest BCUT2D eigenvalue weighted by Gasteiger charge is -2.30. The van der Waals surface area contributed by atoms with Crippen LogP contribution in [0.1, 0.15) is 142 Å². The molecule has 1 aromatic carbocycles. The predicted molar refractivity (Wildman–Crippen MR) is 209 cm³/mol. The van der Waals surface area contributed by atoms with E-state index in [0.717, 1.165) is 60.2 Å². The highest BCUT2D eigenvalue weighted by atomic mass is 32.1. The Labute approximate surface area is 305 Å². The summed E-state index contributed by atoms with van der Waals surface area (Å²) in [6.07, 6.45) is 12.5. The van der Waals surface area contributed by atoms with E-state index in [0.29, 0.717) is 47.6 Å². The molecule has 270 valence electrons. The number of nitriles is 1. The zero-order valence-electron chi connectivity index (χ0n) is 31.9. The van der Waals surface area contributed by atoms with Crippen LogP contribution in [0.3, 0.4) is 0 Å². The lowest BCUT2D eigenvalue weighted by Crippen LogP contribution is -2.34. The number of hydrogen-bond donors (Lipinski definition) is 0. The number of carbonyl (C=O) groups is 1. The molecule has 0 aliphatic carbocycles. The Morgan fingerprint density at radius 3 is 2.08 bits per heavy atom. The Bertz CT molecular complexity index is 1640. The molecule has 0 saturated carbocycles. The first-order valence-electron chi connectivity index (χ1n) is 19.1. The van der Waals surface area contributed by atoms with Crippen LogP contribution >= 0.6 is 11.3 Å². The molecule has 0 radical (unpaired) electrons. The molecule has 2 atom stereocenters. The summed E-state index contributed by atoms with van der Waals surface area (Å²) < 4.78 is 1.31. The summed E-state index contributed by atoms with van der Waals surface area (Å²) in [5.41, 5.74) is 3.05. The van der Waals surface area contributed by atoms with Gasteiger partial charge >= 0.3 is 0 Å². The molecule has 50 heavy (non-hydrogen) atoms. The lowest BCUT2D eigenvalue weighted by molar-refractivity contribution is 0.0940. The van der Waals surface area contributed by atoms with Crippen molar-refractivity contribution in [2.45, 2.75) is 132 Å². The average molecular weight is 698 g/mol. The number of carbonyl (C=O) groups excluding carboxylic acids is 1. The molecule has 0 amide bonds. The van der Waals surface area contributed by atoms with Crippen molar-refractivity contribution in [3.05, 3.63) is 53.1 Å². The number of benzene rings is 1. The number of nitrogens with zero attached hydrogens (tertiary/aromatic N) is 7. The van der Waals surface area contributed by atoms with E-state index >= 15 is 0 Å². The van der Waals surface area contributed by atoms with Crippen LogP contribution in [-0.2, 0) is 6.42 Å². The molecule has 3 aromatic rings. The summed E-state index contributed by atoms with van der Waals surface area (Å²) in [7, 11) is 0. The van der Waals surface area contributed by atoms with Crippen LogP contribution < -0.4 is 4.90 Å². The minimum Gasteiger partial charge on any atom is -0.347 e. The maximum Gasteiger partial charge on any atom is 0.291 e. The maximum absolute atomic E-state index is 13.7. The molecule has 3 heterocycles. The third-order valence-corrected chi connectivity index (χ3v) is 10.6. The molecule has 1 aliphatic heterocycles. The van der Waals surface area contributed by atoms with Gasteiger partial charge in [0.25, 0.3) is 5.91 Å². The highest BCUT2D eigenvalue weighted by Gasteiger charge is 2.35. The number of thiazole rings is 1. The van der Waals surface area contributed by atoms with Crippen molar-refractivity contribution in [1.29, 1.82) is 5.26 Å². The quantitative estimate of drug-likeness (QED) is 0.124. The smallest absolute Gasteiger partial charge is 0.291 e. The van der Waals surface area contributed by atoms with Gasteiger partial charge in [0.15, 0.2) is 16.8 Å². The summed E-state index contributed by atoms with van der Waals surface area (Å²) >= 11 is 1.62. The van der Waals surface area contributed by atoms with E-state index in [-0.39, 0.29) is 11.0 Å². The van der Waals surface area contributed by atoms with Gasteiger partial charge in [-0.25, -0.2) is 15.0 Å². The molecule has 0 spiro atoms. The van der Waals surface area contributed by atoms with Crippen molar-refractivity contribution < 1.29 is 4.79 Å². The number of hydrogen-bond acceptors (Lipinski definition) is 8. The second-order valence-electron chi connectivity index (χ2n) is 15.1. The van der Waals surface area contributed by atoms with E-state index in [9.17, 15) is 10.1 Å². The SMILES string of the molecule is CCCCC1=C(C#N)C(=O)n2nc(CC(C)(C)C)nc2/C1=N\c1sc(N(CC(CC)CCCC)CC(CC)CCCC)nc1-c1ccccc1. The summed E-state index contributed by atoms with van der Waals surface area (Å²) in [5.74, 6) is 1.75. The number of unbranched alkanes of at least 4 members (excludes halogenated alkanes) is 3. The van der Waals surface area contributed by atoms with Gasteiger partial charge in [0.1, 0.15) is 28.0 Å². The van der Waals surface area contributed by atoms with Crippen LogP contribution in [0.25, 0.3) is 11.3 Å². The minimum atomic E-state index is -0.421. The largest absolute Gasteiger partial charge is 0.347 e. The van der Waals surface area contributed by atoms with E-state index < -0.39 is 5.91 Å². The Morgan fingerprint density at radius 1 is 0.920 bits per heavy atom. The zero-order valence-corrected chi connectivity index (χ0v) is 32.7. The number of aromatic nitrogens is 4. The first kappa shape index (κ1) is 39.2. The number of aliphatic imine (C=N–C) groups is 1. The Kier molecular flexibility index (Phi) is 14.5. The van der Waals surface area contributed by atoms with Crippen molar-refractivity contribution in [1.82, 2.24) is 19.7 Å². The molecule has 8 nitrogen and oxygen atoms in total. The number of rotatable bonds is 19. The van der Waals surface area contributed by atoms with E-state index in [1.54, 1.807) is 11.3 Å². The predicted octanol–water partition coefficient (Wildman–Crippen LogP) is 11.0. The molecule has 9 heteroatoms. The first-order chi connectivity index (χ1) is 24.1. The van der Waals surface area contributed by atoms with Gasteiger partial charge in [-0.1, -0.05) is 142 Å². The van der Waals surface area contributed by atoms with Crippen LogP contribution in [-0.4, -0.2) is 44.5 Å². The molecule has 0 bridgehead atoms. The number of allylic oxidation sites excluding steroid dienone is 2. The van der Waals surface area contributed by atoms with Crippen LogP contribution in [0, 0.1) is 28.6 Å². The van der Waals surface area contributed by atoms with Crippen molar-refractivity contribution in [3.8, 4) is 17.3 Å². The van der Waals surface area contributed by atoms with E-state index in [2.05, 4.69) is 83.6 Å². The number of anilines is 1. The van der Waals surface area contributed by atoms with Gasteiger partial charge in [-0.05, 0) is 42.9 Å². The van der Waals surface area contributed by atoms with Crippen molar-refractivity contribution in [2.24, 2.45) is 22.2 Å². The molecule has 4 rings (SSSR count). The Morgan fingerprint density at radius 2 is 1.54 bits per heavy atom. The van der Waals surface area contributed by atoms with Gasteiger partial charge in [-0.2, -0.15) is 9.94 Å². The maximum atomic E-state index is 13.7. The van der Waals surface area contributed by atoms with Crippen LogP contribution in [0.5, 0.6) is 0 Å². The minimum absolute atomic E-state index is 0.0775. The average Bonchev–Trinajstić information content (AvgIpc) is 3.72. The van der Waals surface area contributed by atoms with Gasteiger partial charge in [0.2, 0.25) is 0 Å². The molecule has 0 saturated heterocycles. The monoisotopic (exact) mass is 697 g/mol. The highest BCUT2D eigenvalue weighted by Crippen LogP contribution is 2.42. The highest BCUT2D eigenvalue weighted by molar-refractivity contribution is 7.19. The first-order valence-corrected chi connectivity index (χ1v) is 19.9. The molecule has 2 unspecified atom stereocenters. The number of fused-ring (bicyclic) bond motifs is 1. The summed E-state index contributed by atoms with van der Waals surface area (Å²) in [6.45, 7) is 19.6. The molecule has 0 fully saturated rings. The molecule has 2 aromatic heterocycles. The van der Waals surface area contributed by atoms with Crippen molar-refractivity contribution >= 4 is 33.1 Å². The molecule has 0 N–H and O–H groups in total. The van der Waals surface area contributed by atoms with E-state index in [4.69, 9.17) is 15.0 Å². The summed E-state index contributed by atoms with van der Waals surface area (Å²) in [4.78, 5) is 31.9. The summed E-state index contributed by atoms with van der Waals surface area (Å²) in [6, 6.07) is 12.5. The van der Waals surface area contributed by atoms with Gasteiger partial charge in [-0.15, -0.1) is 5.10 Å².